The number of thioether (sulfide) groups is 1. The molecule has 3 aromatic rings. The summed E-state index contributed by atoms with van der Waals surface area (Å²) in [6.07, 6.45) is 4.27. The van der Waals surface area contributed by atoms with Crippen LogP contribution in [-0.2, 0) is 18.6 Å². The zero-order chi connectivity index (χ0) is 19.5. The first-order valence-electron chi connectivity index (χ1n) is 9.56. The molecule has 0 saturated heterocycles. The van der Waals surface area contributed by atoms with E-state index in [1.165, 1.54) is 22.3 Å². The Bertz CT molecular complexity index is 1030. The summed E-state index contributed by atoms with van der Waals surface area (Å²) in [4.78, 5) is 5.00. The molecule has 1 aliphatic rings. The van der Waals surface area contributed by atoms with Crippen molar-refractivity contribution >= 4 is 23.4 Å². The number of pyridine rings is 1. The Morgan fingerprint density at radius 2 is 1.68 bits per heavy atom. The van der Waals surface area contributed by atoms with Gasteiger partial charge in [0.2, 0.25) is 0 Å². The molecule has 4 rings (SSSR count). The van der Waals surface area contributed by atoms with Gasteiger partial charge in [0.15, 0.2) is 0 Å². The van der Waals surface area contributed by atoms with E-state index in [0.717, 1.165) is 58.3 Å². The van der Waals surface area contributed by atoms with E-state index in [1.807, 2.05) is 24.3 Å². The minimum absolute atomic E-state index is 0.736. The van der Waals surface area contributed by atoms with Crippen molar-refractivity contribution < 1.29 is 0 Å². The van der Waals surface area contributed by atoms with Crippen LogP contribution in [0, 0.1) is 18.3 Å². The summed E-state index contributed by atoms with van der Waals surface area (Å²) in [5, 5.41) is 11.5. The third-order valence-electron chi connectivity index (χ3n) is 5.21. The second kappa shape index (κ2) is 8.39. The molecule has 1 heterocycles. The minimum atomic E-state index is 0.736. The molecule has 0 aliphatic heterocycles. The number of benzene rings is 2. The van der Waals surface area contributed by atoms with Gasteiger partial charge in [-0.3, -0.25) is 0 Å². The van der Waals surface area contributed by atoms with Crippen molar-refractivity contribution in [3.8, 4) is 17.3 Å². The number of halogens is 1. The molecule has 0 radical (unpaired) electrons. The molecular formula is C24H21ClN2S. The van der Waals surface area contributed by atoms with Gasteiger partial charge in [-0.15, -0.1) is 11.8 Å². The maximum Gasteiger partial charge on any atom is 0.115 e. The molecule has 0 fully saturated rings. The number of nitriles is 1. The van der Waals surface area contributed by atoms with Crippen LogP contribution >= 0.6 is 23.4 Å². The number of nitrogens with zero attached hydrogens (tertiary/aromatic N) is 2. The van der Waals surface area contributed by atoms with Crippen LogP contribution in [0.4, 0.5) is 0 Å². The van der Waals surface area contributed by atoms with Crippen LogP contribution in [0.15, 0.2) is 53.6 Å². The Morgan fingerprint density at radius 1 is 1.00 bits per heavy atom. The normalized spacial score (nSPS) is 13.0. The van der Waals surface area contributed by atoms with E-state index < -0.39 is 0 Å². The fourth-order valence-corrected chi connectivity index (χ4v) is 4.79. The Kier molecular flexibility index (Phi) is 5.71. The largest absolute Gasteiger partial charge is 0.240 e. The molecule has 1 aliphatic carbocycles. The first kappa shape index (κ1) is 19.1. The van der Waals surface area contributed by atoms with Crippen molar-refractivity contribution in [1.82, 2.24) is 4.98 Å². The van der Waals surface area contributed by atoms with Crippen LogP contribution in [0.2, 0.25) is 5.02 Å². The van der Waals surface area contributed by atoms with Gasteiger partial charge in [-0.25, -0.2) is 4.98 Å². The summed E-state index contributed by atoms with van der Waals surface area (Å²) < 4.78 is 0. The lowest BCUT2D eigenvalue weighted by molar-refractivity contribution is 0.677. The molecule has 0 amide bonds. The zero-order valence-corrected chi connectivity index (χ0v) is 17.4. The van der Waals surface area contributed by atoms with Gasteiger partial charge in [0.05, 0.1) is 11.3 Å². The monoisotopic (exact) mass is 404 g/mol. The highest BCUT2D eigenvalue weighted by Crippen LogP contribution is 2.37. The maximum absolute atomic E-state index is 9.89. The summed E-state index contributed by atoms with van der Waals surface area (Å²) in [5.41, 5.74) is 7.84. The highest BCUT2D eigenvalue weighted by molar-refractivity contribution is 7.98. The first-order chi connectivity index (χ1) is 13.7. The van der Waals surface area contributed by atoms with Crippen molar-refractivity contribution in [2.45, 2.75) is 43.4 Å². The quantitative estimate of drug-likeness (QED) is 0.451. The Hall–Kier alpha value is -2.28. The molecule has 0 N–H and O–H groups in total. The van der Waals surface area contributed by atoms with Crippen molar-refractivity contribution in [3.63, 3.8) is 0 Å². The van der Waals surface area contributed by atoms with Crippen LogP contribution in [0.5, 0.6) is 0 Å². The molecule has 4 heteroatoms. The molecule has 140 valence electrons. The molecule has 2 nitrogen and oxygen atoms in total. The first-order valence-corrected chi connectivity index (χ1v) is 10.9. The van der Waals surface area contributed by atoms with E-state index in [4.69, 9.17) is 16.6 Å². The van der Waals surface area contributed by atoms with Crippen LogP contribution in [0.25, 0.3) is 11.3 Å². The maximum atomic E-state index is 9.89. The van der Waals surface area contributed by atoms with Gasteiger partial charge < -0.3 is 0 Å². The van der Waals surface area contributed by atoms with E-state index in [9.17, 15) is 5.26 Å². The van der Waals surface area contributed by atoms with E-state index in [1.54, 1.807) is 11.8 Å². The lowest BCUT2D eigenvalue weighted by Gasteiger charge is -2.22. The van der Waals surface area contributed by atoms with Crippen molar-refractivity contribution in [2.75, 3.05) is 0 Å². The summed E-state index contributed by atoms with van der Waals surface area (Å²) >= 11 is 7.63. The number of fused-ring (bicyclic) bond motifs is 1. The van der Waals surface area contributed by atoms with Gasteiger partial charge in [0.1, 0.15) is 11.1 Å². The lowest BCUT2D eigenvalue weighted by Crippen LogP contribution is -2.10. The second-order valence-electron chi connectivity index (χ2n) is 7.20. The SMILES string of the molecule is Cc1ccc(-c2nc(SCc3ccc(Cl)cc3)c(C#N)c3c2CCCC3)cc1. The van der Waals surface area contributed by atoms with Crippen molar-refractivity contribution in [1.29, 1.82) is 5.26 Å². The molecule has 0 spiro atoms. The number of hydrogen-bond donors (Lipinski definition) is 0. The number of aryl methyl sites for hydroxylation is 1. The molecule has 28 heavy (non-hydrogen) atoms. The summed E-state index contributed by atoms with van der Waals surface area (Å²) in [5.74, 6) is 0.769. The summed E-state index contributed by atoms with van der Waals surface area (Å²) in [6.45, 7) is 2.10. The molecule has 0 saturated carbocycles. The van der Waals surface area contributed by atoms with Crippen LogP contribution in [0.3, 0.4) is 0 Å². The third kappa shape index (κ3) is 3.94. The Morgan fingerprint density at radius 3 is 2.36 bits per heavy atom. The van der Waals surface area contributed by atoms with Crippen LogP contribution < -0.4 is 0 Å². The fraction of sp³-hybridized carbons (Fsp3) is 0.250. The number of aromatic nitrogens is 1. The van der Waals surface area contributed by atoms with Gasteiger partial charge in [-0.2, -0.15) is 5.26 Å². The highest BCUT2D eigenvalue weighted by atomic mass is 35.5. The average molecular weight is 405 g/mol. The summed E-state index contributed by atoms with van der Waals surface area (Å²) in [7, 11) is 0. The molecule has 0 atom stereocenters. The van der Waals surface area contributed by atoms with Crippen LogP contribution in [-0.4, -0.2) is 4.98 Å². The Labute approximate surface area is 175 Å². The highest BCUT2D eigenvalue weighted by Gasteiger charge is 2.23. The molecule has 2 aromatic carbocycles. The fourth-order valence-electron chi connectivity index (χ4n) is 3.70. The number of rotatable bonds is 4. The average Bonchev–Trinajstić information content (AvgIpc) is 2.73. The molecule has 0 bridgehead atoms. The summed E-state index contributed by atoms with van der Waals surface area (Å²) in [6, 6.07) is 18.9. The smallest absolute Gasteiger partial charge is 0.115 e. The predicted octanol–water partition coefficient (Wildman–Crippen LogP) is 6.75. The van der Waals surface area contributed by atoms with Gasteiger partial charge in [-0.05, 0) is 61.4 Å². The molecular weight excluding hydrogens is 384 g/mol. The number of hydrogen-bond acceptors (Lipinski definition) is 3. The van der Waals surface area contributed by atoms with E-state index in [-0.39, 0.29) is 0 Å². The van der Waals surface area contributed by atoms with E-state index in [2.05, 4.69) is 37.3 Å². The van der Waals surface area contributed by atoms with Crippen molar-refractivity contribution in [3.05, 3.63) is 81.4 Å². The Balaban J connectivity index is 1.76. The topological polar surface area (TPSA) is 36.7 Å². The van der Waals surface area contributed by atoms with Crippen LogP contribution in [0.1, 0.15) is 40.7 Å². The zero-order valence-electron chi connectivity index (χ0n) is 15.8. The predicted molar refractivity (Wildman–Crippen MR) is 117 cm³/mol. The molecule has 1 aromatic heterocycles. The van der Waals surface area contributed by atoms with Gasteiger partial charge in [0, 0.05) is 16.3 Å². The third-order valence-corrected chi connectivity index (χ3v) is 6.51. The van der Waals surface area contributed by atoms with Gasteiger partial charge in [0.25, 0.3) is 0 Å². The lowest BCUT2D eigenvalue weighted by atomic mass is 9.86. The van der Waals surface area contributed by atoms with E-state index in [0.29, 0.717) is 0 Å². The minimum Gasteiger partial charge on any atom is -0.240 e. The van der Waals surface area contributed by atoms with Crippen molar-refractivity contribution in [2.24, 2.45) is 0 Å². The van der Waals surface area contributed by atoms with Gasteiger partial charge >= 0.3 is 0 Å². The second-order valence-corrected chi connectivity index (χ2v) is 8.60. The van der Waals surface area contributed by atoms with Gasteiger partial charge in [-0.1, -0.05) is 53.6 Å². The molecule has 0 unspecified atom stereocenters. The van der Waals surface area contributed by atoms with E-state index >= 15 is 0 Å². The standard InChI is InChI=1S/C24H21ClN2S/c1-16-6-10-18(11-7-16)23-21-5-3-2-4-20(21)22(14-26)24(27-23)28-15-17-8-12-19(25)13-9-17/h6-13H,2-5,15H2,1H3.